The lowest BCUT2D eigenvalue weighted by Crippen LogP contribution is -2.31. The molecule has 36 heavy (non-hydrogen) atoms. The maximum atomic E-state index is 13.3. The molecule has 1 amide bonds. The van der Waals surface area contributed by atoms with E-state index < -0.39 is 17.7 Å². The first-order chi connectivity index (χ1) is 17.1. The molecule has 1 N–H and O–H groups in total. The van der Waals surface area contributed by atoms with Gasteiger partial charge in [-0.3, -0.25) is 9.59 Å². The molecule has 1 heterocycles. The minimum absolute atomic E-state index is 0.0160. The van der Waals surface area contributed by atoms with E-state index in [2.05, 4.69) is 0 Å². The number of nitrogens with zero attached hydrogens (tertiary/aromatic N) is 1. The first-order valence-corrected chi connectivity index (χ1v) is 11.9. The van der Waals surface area contributed by atoms with Gasteiger partial charge in [0.25, 0.3) is 11.7 Å². The second kappa shape index (κ2) is 11.5. The maximum Gasteiger partial charge on any atom is 0.295 e. The highest BCUT2D eigenvalue weighted by atomic mass is 16.5. The summed E-state index contributed by atoms with van der Waals surface area (Å²) in [6, 6.07) is 7.97. The molecule has 0 aliphatic carbocycles. The van der Waals surface area contributed by atoms with Crippen molar-refractivity contribution in [2.75, 3.05) is 34.5 Å². The standard InChI is InChI=1S/C28H35NO7/c1-16(2)36-12-8-11-29-24(20-14-21(33-5)27(35-7)22(15-20)34-6)23(26(31)28(29)32)25(30)19-10-9-17(3)18(4)13-19/h9-10,13-16,24,30H,8,11-12H2,1-7H3/b25-23+. The number of methoxy groups -OCH3 is 3. The molecule has 0 bridgehead atoms. The largest absolute Gasteiger partial charge is 0.507 e. The Morgan fingerprint density at radius 3 is 2.14 bits per heavy atom. The predicted octanol–water partition coefficient (Wildman–Crippen LogP) is 4.57. The number of carbonyl (C=O) groups is 2. The van der Waals surface area contributed by atoms with E-state index in [1.165, 1.54) is 26.2 Å². The number of aliphatic hydroxyl groups excluding tert-OH is 1. The maximum absolute atomic E-state index is 13.3. The molecule has 1 saturated heterocycles. The SMILES string of the molecule is COc1cc(C2/C(=C(\O)c3ccc(C)c(C)c3)C(=O)C(=O)N2CCCOC(C)C)cc(OC)c1OC. The summed E-state index contributed by atoms with van der Waals surface area (Å²) in [4.78, 5) is 28.0. The number of aliphatic hydroxyl groups is 1. The van der Waals surface area contributed by atoms with Gasteiger partial charge in [-0.15, -0.1) is 0 Å². The molecule has 1 unspecified atom stereocenters. The molecule has 1 fully saturated rings. The molecule has 0 radical (unpaired) electrons. The lowest BCUT2D eigenvalue weighted by atomic mass is 9.93. The van der Waals surface area contributed by atoms with Crippen LogP contribution in [0.5, 0.6) is 17.2 Å². The molecule has 2 aromatic rings. The average Bonchev–Trinajstić information content (AvgIpc) is 3.11. The van der Waals surface area contributed by atoms with Gasteiger partial charge >= 0.3 is 0 Å². The van der Waals surface area contributed by atoms with Crippen LogP contribution >= 0.6 is 0 Å². The van der Waals surface area contributed by atoms with Crippen LogP contribution < -0.4 is 14.2 Å². The van der Waals surface area contributed by atoms with Crippen molar-refractivity contribution in [3.8, 4) is 17.2 Å². The van der Waals surface area contributed by atoms with Crippen molar-refractivity contribution in [1.82, 2.24) is 4.90 Å². The van der Waals surface area contributed by atoms with Gasteiger partial charge in [0, 0.05) is 18.7 Å². The Morgan fingerprint density at radius 2 is 1.61 bits per heavy atom. The topological polar surface area (TPSA) is 94.5 Å². The highest BCUT2D eigenvalue weighted by molar-refractivity contribution is 6.46. The lowest BCUT2D eigenvalue weighted by molar-refractivity contribution is -0.140. The van der Waals surface area contributed by atoms with Crippen molar-refractivity contribution in [3.63, 3.8) is 0 Å². The van der Waals surface area contributed by atoms with Gasteiger partial charge in [-0.1, -0.05) is 12.1 Å². The van der Waals surface area contributed by atoms with E-state index in [1.54, 1.807) is 24.3 Å². The van der Waals surface area contributed by atoms with Gasteiger partial charge < -0.3 is 29.0 Å². The van der Waals surface area contributed by atoms with Crippen LogP contribution in [0.1, 0.15) is 48.6 Å². The number of amides is 1. The van der Waals surface area contributed by atoms with Crippen LogP contribution in [0.3, 0.4) is 0 Å². The fraction of sp³-hybridized carbons (Fsp3) is 0.429. The van der Waals surface area contributed by atoms with Crippen molar-refractivity contribution in [1.29, 1.82) is 0 Å². The summed E-state index contributed by atoms with van der Waals surface area (Å²) in [5.74, 6) is -0.493. The van der Waals surface area contributed by atoms with Crippen LogP contribution in [-0.2, 0) is 14.3 Å². The number of ether oxygens (including phenoxy) is 4. The molecule has 0 spiro atoms. The van der Waals surface area contributed by atoms with Gasteiger partial charge in [0.2, 0.25) is 5.75 Å². The van der Waals surface area contributed by atoms with Gasteiger partial charge in [-0.05, 0) is 69.0 Å². The Balaban J connectivity index is 2.18. The number of hydrogen-bond donors (Lipinski definition) is 1. The summed E-state index contributed by atoms with van der Waals surface area (Å²) in [5.41, 5.74) is 3.06. The Kier molecular flexibility index (Phi) is 8.63. The van der Waals surface area contributed by atoms with E-state index >= 15 is 0 Å². The van der Waals surface area contributed by atoms with E-state index in [0.29, 0.717) is 41.4 Å². The summed E-state index contributed by atoms with van der Waals surface area (Å²) in [5, 5.41) is 11.3. The van der Waals surface area contributed by atoms with Gasteiger partial charge in [0.05, 0.1) is 39.0 Å². The van der Waals surface area contributed by atoms with Crippen LogP contribution in [-0.4, -0.2) is 62.3 Å². The van der Waals surface area contributed by atoms with Crippen molar-refractivity contribution >= 4 is 17.4 Å². The van der Waals surface area contributed by atoms with Gasteiger partial charge in [0.1, 0.15) is 5.76 Å². The zero-order chi connectivity index (χ0) is 26.6. The van der Waals surface area contributed by atoms with E-state index in [-0.39, 0.29) is 24.0 Å². The predicted molar refractivity (Wildman–Crippen MR) is 137 cm³/mol. The third kappa shape index (κ3) is 5.33. The fourth-order valence-electron chi connectivity index (χ4n) is 4.31. The summed E-state index contributed by atoms with van der Waals surface area (Å²) in [7, 11) is 4.49. The van der Waals surface area contributed by atoms with Crippen molar-refractivity contribution < 1.29 is 33.6 Å². The van der Waals surface area contributed by atoms with Crippen LogP contribution in [0.2, 0.25) is 0 Å². The summed E-state index contributed by atoms with van der Waals surface area (Å²) in [6.07, 6.45) is 0.576. The number of rotatable bonds is 10. The number of benzene rings is 2. The van der Waals surface area contributed by atoms with E-state index in [4.69, 9.17) is 18.9 Å². The molecular formula is C28H35NO7. The highest BCUT2D eigenvalue weighted by Gasteiger charge is 2.46. The summed E-state index contributed by atoms with van der Waals surface area (Å²) >= 11 is 0. The van der Waals surface area contributed by atoms with E-state index in [0.717, 1.165) is 11.1 Å². The second-order valence-corrected chi connectivity index (χ2v) is 9.02. The summed E-state index contributed by atoms with van der Waals surface area (Å²) in [6.45, 7) is 8.46. The van der Waals surface area contributed by atoms with E-state index in [9.17, 15) is 14.7 Å². The van der Waals surface area contributed by atoms with Crippen molar-refractivity contribution in [2.45, 2.75) is 46.3 Å². The molecule has 0 aromatic heterocycles. The number of likely N-dealkylation sites (tertiary alicyclic amines) is 1. The first-order valence-electron chi connectivity index (χ1n) is 11.9. The minimum atomic E-state index is -0.848. The van der Waals surface area contributed by atoms with Crippen LogP contribution in [0.4, 0.5) is 0 Å². The zero-order valence-corrected chi connectivity index (χ0v) is 22.0. The van der Waals surface area contributed by atoms with Crippen molar-refractivity contribution in [2.24, 2.45) is 0 Å². The van der Waals surface area contributed by atoms with Crippen LogP contribution in [0.15, 0.2) is 35.9 Å². The van der Waals surface area contributed by atoms with E-state index in [1.807, 2.05) is 33.8 Å². The highest BCUT2D eigenvalue weighted by Crippen LogP contribution is 2.45. The Bertz CT molecular complexity index is 1140. The molecule has 1 aliphatic rings. The number of aryl methyl sites for hydroxylation is 2. The molecule has 1 atom stereocenters. The molecule has 1 aliphatic heterocycles. The number of ketones is 1. The minimum Gasteiger partial charge on any atom is -0.507 e. The van der Waals surface area contributed by atoms with Gasteiger partial charge in [-0.25, -0.2) is 0 Å². The Labute approximate surface area is 212 Å². The fourth-order valence-corrected chi connectivity index (χ4v) is 4.31. The lowest BCUT2D eigenvalue weighted by Gasteiger charge is -2.26. The number of hydrogen-bond acceptors (Lipinski definition) is 7. The summed E-state index contributed by atoms with van der Waals surface area (Å²) < 4.78 is 22.1. The molecule has 194 valence electrons. The quantitative estimate of drug-likeness (QED) is 0.222. The monoisotopic (exact) mass is 497 g/mol. The number of Topliss-reactive ketones (excluding diaryl/α,β-unsaturated/α-hetero) is 1. The molecule has 8 nitrogen and oxygen atoms in total. The van der Waals surface area contributed by atoms with Gasteiger partial charge in [-0.2, -0.15) is 0 Å². The molecule has 3 rings (SSSR count). The Hall–Kier alpha value is -3.52. The molecule has 2 aromatic carbocycles. The third-order valence-corrected chi connectivity index (χ3v) is 6.32. The number of carbonyl (C=O) groups excluding carboxylic acids is 2. The third-order valence-electron chi connectivity index (χ3n) is 6.32. The normalized spacial score (nSPS) is 17.1. The van der Waals surface area contributed by atoms with Gasteiger partial charge in [0.15, 0.2) is 11.5 Å². The first kappa shape index (κ1) is 27.1. The molecular weight excluding hydrogens is 462 g/mol. The zero-order valence-electron chi connectivity index (χ0n) is 22.0. The Morgan fingerprint density at radius 1 is 0.972 bits per heavy atom. The molecule has 0 saturated carbocycles. The molecule has 8 heteroatoms. The smallest absolute Gasteiger partial charge is 0.295 e. The second-order valence-electron chi connectivity index (χ2n) is 9.02. The van der Waals surface area contributed by atoms with Crippen LogP contribution in [0, 0.1) is 13.8 Å². The van der Waals surface area contributed by atoms with Crippen molar-refractivity contribution in [3.05, 3.63) is 58.2 Å². The van der Waals surface area contributed by atoms with Crippen LogP contribution in [0.25, 0.3) is 5.76 Å². The average molecular weight is 498 g/mol.